The molecule has 0 saturated carbocycles. The second-order valence-corrected chi connectivity index (χ2v) is 7.00. The van der Waals surface area contributed by atoms with Gasteiger partial charge >= 0.3 is 0 Å². The SMILES string of the molecule is Clc1ccc(C[n+]2cn(CCCOc3ccccc3)c3ccccc32)cc1.[Br-]. The minimum atomic E-state index is 0. The molecule has 0 atom stereocenters. The van der Waals surface area contributed by atoms with Crippen LogP contribution in [0, 0.1) is 0 Å². The van der Waals surface area contributed by atoms with Crippen LogP contribution in [-0.4, -0.2) is 11.2 Å². The summed E-state index contributed by atoms with van der Waals surface area (Å²) in [6, 6.07) is 26.5. The third-order valence-electron chi connectivity index (χ3n) is 4.60. The number of halogens is 2. The first kappa shape index (κ1) is 20.4. The van der Waals surface area contributed by atoms with E-state index in [9.17, 15) is 0 Å². The summed E-state index contributed by atoms with van der Waals surface area (Å²) in [4.78, 5) is 0. The molecule has 0 unspecified atom stereocenters. The molecule has 4 aromatic rings. The van der Waals surface area contributed by atoms with Crippen LogP contribution >= 0.6 is 11.6 Å². The molecule has 144 valence electrons. The first-order valence-corrected chi connectivity index (χ1v) is 9.57. The summed E-state index contributed by atoms with van der Waals surface area (Å²) in [6.07, 6.45) is 3.15. The van der Waals surface area contributed by atoms with Gasteiger partial charge in [0.25, 0.3) is 0 Å². The maximum absolute atomic E-state index is 6.01. The highest BCUT2D eigenvalue weighted by Crippen LogP contribution is 2.14. The van der Waals surface area contributed by atoms with E-state index < -0.39 is 0 Å². The zero-order valence-electron chi connectivity index (χ0n) is 15.5. The van der Waals surface area contributed by atoms with Crippen molar-refractivity contribution in [1.82, 2.24) is 4.57 Å². The molecule has 0 aliphatic heterocycles. The number of hydrogen-bond acceptors (Lipinski definition) is 1. The minimum Gasteiger partial charge on any atom is -1.00 e. The smallest absolute Gasteiger partial charge is 0.245 e. The van der Waals surface area contributed by atoms with Gasteiger partial charge in [0.05, 0.1) is 13.2 Å². The second-order valence-electron chi connectivity index (χ2n) is 6.57. The van der Waals surface area contributed by atoms with Crippen molar-refractivity contribution in [2.45, 2.75) is 19.5 Å². The Hall–Kier alpha value is -2.30. The highest BCUT2D eigenvalue weighted by Gasteiger charge is 2.15. The first-order valence-electron chi connectivity index (χ1n) is 9.19. The van der Waals surface area contributed by atoms with Crippen LogP contribution in [0.25, 0.3) is 11.0 Å². The van der Waals surface area contributed by atoms with Gasteiger partial charge in [-0.15, -0.1) is 0 Å². The Morgan fingerprint density at radius 3 is 2.36 bits per heavy atom. The van der Waals surface area contributed by atoms with Crippen molar-refractivity contribution in [3.8, 4) is 5.75 Å². The van der Waals surface area contributed by atoms with Gasteiger partial charge in [-0.1, -0.05) is 54.1 Å². The van der Waals surface area contributed by atoms with E-state index in [1.54, 1.807) is 0 Å². The number of nitrogens with zero attached hydrogens (tertiary/aromatic N) is 2. The normalized spacial score (nSPS) is 10.6. The fourth-order valence-electron chi connectivity index (χ4n) is 3.27. The van der Waals surface area contributed by atoms with Crippen molar-refractivity contribution >= 4 is 22.6 Å². The lowest BCUT2D eigenvalue weighted by atomic mass is 10.2. The lowest BCUT2D eigenvalue weighted by Crippen LogP contribution is -3.00. The van der Waals surface area contributed by atoms with E-state index in [1.807, 2.05) is 42.5 Å². The summed E-state index contributed by atoms with van der Waals surface area (Å²) < 4.78 is 10.4. The van der Waals surface area contributed by atoms with Gasteiger partial charge in [-0.2, -0.15) is 0 Å². The van der Waals surface area contributed by atoms with Crippen LogP contribution in [0.4, 0.5) is 0 Å². The van der Waals surface area contributed by atoms with Crippen LogP contribution in [-0.2, 0) is 13.1 Å². The predicted molar refractivity (Wildman–Crippen MR) is 109 cm³/mol. The average molecular weight is 458 g/mol. The van der Waals surface area contributed by atoms with E-state index in [0.717, 1.165) is 30.3 Å². The second kappa shape index (κ2) is 9.76. The maximum Gasteiger partial charge on any atom is 0.245 e. The number of imidazole rings is 1. The van der Waals surface area contributed by atoms with Crippen molar-refractivity contribution in [1.29, 1.82) is 0 Å². The standard InChI is InChI=1S/C23H22ClN2O.BrH/c24-20-13-11-19(12-14-20)17-26-18-25(22-9-4-5-10-23(22)26)15-6-16-27-21-7-2-1-3-8-21;/h1-5,7-14,18H,6,15-17H2;1H/q+1;/p-1. The van der Waals surface area contributed by atoms with E-state index in [4.69, 9.17) is 16.3 Å². The molecule has 0 bridgehead atoms. The largest absolute Gasteiger partial charge is 1.00 e. The highest BCUT2D eigenvalue weighted by molar-refractivity contribution is 6.30. The van der Waals surface area contributed by atoms with Crippen LogP contribution in [0.15, 0.2) is 85.2 Å². The van der Waals surface area contributed by atoms with Crippen LogP contribution in [0.1, 0.15) is 12.0 Å². The number of rotatable bonds is 7. The van der Waals surface area contributed by atoms with Crippen molar-refractivity contribution in [3.05, 3.63) is 95.8 Å². The number of aryl methyl sites for hydroxylation is 1. The lowest BCUT2D eigenvalue weighted by Gasteiger charge is -2.04. The Kier molecular flexibility index (Phi) is 7.12. The van der Waals surface area contributed by atoms with Crippen LogP contribution in [0.5, 0.6) is 5.75 Å². The van der Waals surface area contributed by atoms with Crippen molar-refractivity contribution in [2.24, 2.45) is 0 Å². The zero-order valence-corrected chi connectivity index (χ0v) is 17.8. The molecule has 5 heteroatoms. The molecule has 1 heterocycles. The van der Waals surface area contributed by atoms with Crippen molar-refractivity contribution < 1.29 is 26.3 Å². The van der Waals surface area contributed by atoms with Gasteiger partial charge in [-0.3, -0.25) is 0 Å². The Morgan fingerprint density at radius 1 is 0.857 bits per heavy atom. The quantitative estimate of drug-likeness (QED) is 0.307. The molecule has 0 amide bonds. The molecule has 4 rings (SSSR count). The lowest BCUT2D eigenvalue weighted by molar-refractivity contribution is -0.663. The van der Waals surface area contributed by atoms with Crippen LogP contribution < -0.4 is 26.3 Å². The van der Waals surface area contributed by atoms with Gasteiger partial charge in [0.2, 0.25) is 6.33 Å². The van der Waals surface area contributed by atoms with E-state index in [1.165, 1.54) is 16.6 Å². The average Bonchev–Trinajstić information content (AvgIpc) is 3.06. The van der Waals surface area contributed by atoms with Gasteiger partial charge in [-0.25, -0.2) is 9.13 Å². The van der Waals surface area contributed by atoms with E-state index in [-0.39, 0.29) is 17.0 Å². The van der Waals surface area contributed by atoms with E-state index in [0.29, 0.717) is 6.61 Å². The van der Waals surface area contributed by atoms with E-state index >= 15 is 0 Å². The Morgan fingerprint density at radius 2 is 1.57 bits per heavy atom. The number of ether oxygens (including phenoxy) is 1. The number of benzene rings is 3. The number of para-hydroxylation sites is 3. The molecule has 28 heavy (non-hydrogen) atoms. The van der Waals surface area contributed by atoms with Gasteiger partial charge in [0.1, 0.15) is 12.3 Å². The van der Waals surface area contributed by atoms with E-state index in [2.05, 4.69) is 51.9 Å². The topological polar surface area (TPSA) is 18.0 Å². The third kappa shape index (κ3) is 4.94. The Balaban J connectivity index is 0.00000225. The summed E-state index contributed by atoms with van der Waals surface area (Å²) in [6.45, 7) is 2.44. The molecular weight excluding hydrogens is 436 g/mol. The number of hydrogen-bond donors (Lipinski definition) is 0. The fraction of sp³-hybridized carbons (Fsp3) is 0.174. The first-order chi connectivity index (χ1) is 13.3. The monoisotopic (exact) mass is 456 g/mol. The molecule has 3 aromatic carbocycles. The van der Waals surface area contributed by atoms with Crippen molar-refractivity contribution in [2.75, 3.05) is 6.61 Å². The zero-order chi connectivity index (χ0) is 18.5. The molecule has 3 nitrogen and oxygen atoms in total. The summed E-state index contributed by atoms with van der Waals surface area (Å²) in [5, 5.41) is 0.768. The van der Waals surface area contributed by atoms with Gasteiger partial charge in [-0.05, 0) is 42.0 Å². The molecule has 0 saturated heterocycles. The van der Waals surface area contributed by atoms with Crippen LogP contribution in [0.3, 0.4) is 0 Å². The maximum atomic E-state index is 6.01. The molecule has 1 aromatic heterocycles. The Labute approximate surface area is 180 Å². The summed E-state index contributed by atoms with van der Waals surface area (Å²) in [7, 11) is 0. The fourth-order valence-corrected chi connectivity index (χ4v) is 3.40. The van der Waals surface area contributed by atoms with Crippen LogP contribution in [0.2, 0.25) is 5.02 Å². The van der Waals surface area contributed by atoms with Gasteiger partial charge in [0.15, 0.2) is 11.0 Å². The molecule has 0 N–H and O–H groups in total. The molecule has 0 aliphatic carbocycles. The summed E-state index contributed by atoms with van der Waals surface area (Å²) in [5.41, 5.74) is 3.71. The third-order valence-corrected chi connectivity index (χ3v) is 4.85. The predicted octanol–water partition coefficient (Wildman–Crippen LogP) is 2.10. The Bertz CT molecular complexity index is 1020. The highest BCUT2D eigenvalue weighted by atomic mass is 79.9. The van der Waals surface area contributed by atoms with Gasteiger partial charge in [0, 0.05) is 11.4 Å². The van der Waals surface area contributed by atoms with Gasteiger partial charge < -0.3 is 21.7 Å². The van der Waals surface area contributed by atoms with Crippen molar-refractivity contribution in [3.63, 3.8) is 0 Å². The molecule has 0 aliphatic rings. The summed E-state index contributed by atoms with van der Waals surface area (Å²) in [5.74, 6) is 0.924. The number of aromatic nitrogens is 2. The molecular formula is C23H22BrClN2O. The summed E-state index contributed by atoms with van der Waals surface area (Å²) >= 11 is 6.01. The molecule has 0 spiro atoms. The number of fused-ring (bicyclic) bond motifs is 1. The molecule has 0 radical (unpaired) electrons. The minimum absolute atomic E-state index is 0. The molecule has 0 fully saturated rings.